The summed E-state index contributed by atoms with van der Waals surface area (Å²) in [5.41, 5.74) is 7.75. The molecule has 0 aliphatic heterocycles. The average Bonchev–Trinajstić information content (AvgIpc) is 2.59. The highest BCUT2D eigenvalue weighted by molar-refractivity contribution is 9.10. The number of aryl methyl sites for hydroxylation is 1. The number of hydrogen-bond donors (Lipinski definition) is 1. The zero-order chi connectivity index (χ0) is 11.7. The molecule has 0 atom stereocenters. The molecule has 0 saturated carbocycles. The van der Waals surface area contributed by atoms with Gasteiger partial charge in [-0.15, -0.1) is 0 Å². The van der Waals surface area contributed by atoms with Gasteiger partial charge in [0.25, 0.3) is 0 Å². The van der Waals surface area contributed by atoms with E-state index < -0.39 is 0 Å². The molecular weight excluding hydrogens is 270 g/mol. The van der Waals surface area contributed by atoms with Gasteiger partial charge in [-0.2, -0.15) is 5.10 Å². The number of hydrogen-bond acceptors (Lipinski definition) is 3. The second-order valence-electron chi connectivity index (χ2n) is 3.39. The van der Waals surface area contributed by atoms with Crippen LogP contribution in [0.5, 0.6) is 5.75 Å². The molecule has 2 N–H and O–H groups in total. The number of benzene rings is 1. The van der Waals surface area contributed by atoms with Crippen LogP contribution in [0.1, 0.15) is 0 Å². The third-order valence-electron chi connectivity index (χ3n) is 2.45. The van der Waals surface area contributed by atoms with Crippen LogP contribution in [0.25, 0.3) is 11.1 Å². The largest absolute Gasteiger partial charge is 0.495 e. The Labute approximate surface area is 102 Å². The van der Waals surface area contributed by atoms with E-state index >= 15 is 0 Å². The molecule has 84 valence electrons. The minimum atomic E-state index is 0.622. The van der Waals surface area contributed by atoms with E-state index in [4.69, 9.17) is 10.5 Å². The van der Waals surface area contributed by atoms with Crippen LogP contribution in [0.4, 0.5) is 5.82 Å². The van der Waals surface area contributed by atoms with Gasteiger partial charge in [-0.05, 0) is 22.0 Å². The summed E-state index contributed by atoms with van der Waals surface area (Å²) in [5, 5.41) is 4.12. The number of nitrogen functional groups attached to an aromatic ring is 1. The summed E-state index contributed by atoms with van der Waals surface area (Å²) in [7, 11) is 3.44. The molecule has 2 rings (SSSR count). The number of anilines is 1. The molecule has 1 aromatic carbocycles. The highest BCUT2D eigenvalue weighted by Gasteiger charge is 2.14. The summed E-state index contributed by atoms with van der Waals surface area (Å²) in [6, 6.07) is 5.82. The average molecular weight is 282 g/mol. The summed E-state index contributed by atoms with van der Waals surface area (Å²) < 4.78 is 7.89. The van der Waals surface area contributed by atoms with Crippen molar-refractivity contribution in [3.63, 3.8) is 0 Å². The van der Waals surface area contributed by atoms with Gasteiger partial charge < -0.3 is 10.5 Å². The van der Waals surface area contributed by atoms with Crippen LogP contribution in [0.3, 0.4) is 0 Å². The second kappa shape index (κ2) is 4.17. The van der Waals surface area contributed by atoms with Crippen LogP contribution in [0, 0.1) is 0 Å². The Bertz CT molecular complexity index is 522. The van der Waals surface area contributed by atoms with Crippen molar-refractivity contribution in [2.24, 2.45) is 7.05 Å². The lowest BCUT2D eigenvalue weighted by molar-refractivity contribution is 0.414. The topological polar surface area (TPSA) is 53.1 Å². The number of rotatable bonds is 2. The fourth-order valence-electron chi connectivity index (χ4n) is 1.58. The molecule has 0 radical (unpaired) electrons. The number of methoxy groups -OCH3 is 1. The van der Waals surface area contributed by atoms with Gasteiger partial charge in [-0.1, -0.05) is 12.1 Å². The van der Waals surface area contributed by atoms with Gasteiger partial charge in [0, 0.05) is 18.2 Å². The Hall–Kier alpha value is -1.49. The predicted molar refractivity (Wildman–Crippen MR) is 67.3 cm³/mol. The van der Waals surface area contributed by atoms with Gasteiger partial charge in [0.05, 0.1) is 17.8 Å². The minimum absolute atomic E-state index is 0.622. The first-order valence-electron chi connectivity index (χ1n) is 4.75. The lowest BCUT2D eigenvalue weighted by Crippen LogP contribution is -1.98. The van der Waals surface area contributed by atoms with Crippen LogP contribution in [-0.2, 0) is 7.05 Å². The lowest BCUT2D eigenvalue weighted by atomic mass is 10.1. The van der Waals surface area contributed by atoms with Crippen LogP contribution in [-0.4, -0.2) is 16.9 Å². The number of nitrogens with zero attached hydrogens (tertiary/aromatic N) is 2. The van der Waals surface area contributed by atoms with Crippen molar-refractivity contribution < 1.29 is 4.74 Å². The molecular formula is C11H12BrN3O. The molecule has 1 aromatic heterocycles. The summed E-state index contributed by atoms with van der Waals surface area (Å²) in [4.78, 5) is 0. The number of aromatic nitrogens is 2. The van der Waals surface area contributed by atoms with Gasteiger partial charge >= 0.3 is 0 Å². The van der Waals surface area contributed by atoms with Crippen molar-refractivity contribution in [2.75, 3.05) is 12.8 Å². The van der Waals surface area contributed by atoms with E-state index in [-0.39, 0.29) is 0 Å². The molecule has 0 spiro atoms. The highest BCUT2D eigenvalue weighted by atomic mass is 79.9. The smallest absolute Gasteiger partial charge is 0.141 e. The summed E-state index contributed by atoms with van der Waals surface area (Å²) in [5.74, 6) is 1.39. The van der Waals surface area contributed by atoms with Crippen LogP contribution in [0.2, 0.25) is 0 Å². The summed E-state index contributed by atoms with van der Waals surface area (Å²) in [6.45, 7) is 0. The number of halogens is 1. The van der Waals surface area contributed by atoms with Crippen LogP contribution in [0.15, 0.2) is 28.9 Å². The Morgan fingerprint density at radius 3 is 2.69 bits per heavy atom. The number of para-hydroxylation sites is 1. The number of ether oxygens (including phenoxy) is 1. The fraction of sp³-hybridized carbons (Fsp3) is 0.182. The molecule has 2 aromatic rings. The first kappa shape index (κ1) is 11.0. The molecule has 4 nitrogen and oxygen atoms in total. The van der Waals surface area contributed by atoms with Crippen LogP contribution >= 0.6 is 15.9 Å². The van der Waals surface area contributed by atoms with E-state index in [2.05, 4.69) is 21.0 Å². The molecule has 0 unspecified atom stereocenters. The van der Waals surface area contributed by atoms with Crippen molar-refractivity contribution >= 4 is 21.7 Å². The van der Waals surface area contributed by atoms with Gasteiger partial charge in [0.15, 0.2) is 0 Å². The van der Waals surface area contributed by atoms with Gasteiger partial charge in [-0.3, -0.25) is 4.68 Å². The molecule has 0 fully saturated rings. The van der Waals surface area contributed by atoms with Crippen molar-refractivity contribution in [3.05, 3.63) is 28.9 Å². The van der Waals surface area contributed by atoms with E-state index in [0.29, 0.717) is 5.82 Å². The molecule has 5 heteroatoms. The van der Waals surface area contributed by atoms with Gasteiger partial charge in [-0.25, -0.2) is 0 Å². The summed E-state index contributed by atoms with van der Waals surface area (Å²) in [6.07, 6.45) is 1.74. The van der Waals surface area contributed by atoms with Crippen molar-refractivity contribution in [3.8, 4) is 16.9 Å². The SMILES string of the molecule is COc1c(Br)cccc1-c1cnn(C)c1N. The lowest BCUT2D eigenvalue weighted by Gasteiger charge is -2.09. The van der Waals surface area contributed by atoms with Gasteiger partial charge in [0.1, 0.15) is 11.6 Å². The maximum atomic E-state index is 5.94. The standard InChI is InChI=1S/C11H12BrN3O/c1-15-11(13)8(6-14-15)7-4-3-5-9(12)10(7)16-2/h3-6H,13H2,1-2H3. The van der Waals surface area contributed by atoms with E-state index in [9.17, 15) is 0 Å². The van der Waals surface area contributed by atoms with Crippen molar-refractivity contribution in [1.29, 1.82) is 0 Å². The number of nitrogens with two attached hydrogens (primary N) is 1. The highest BCUT2D eigenvalue weighted by Crippen LogP contribution is 2.38. The molecule has 16 heavy (non-hydrogen) atoms. The van der Waals surface area contributed by atoms with E-state index in [1.165, 1.54) is 0 Å². The minimum Gasteiger partial charge on any atom is -0.495 e. The van der Waals surface area contributed by atoms with E-state index in [1.807, 2.05) is 25.2 Å². The summed E-state index contributed by atoms with van der Waals surface area (Å²) >= 11 is 3.44. The van der Waals surface area contributed by atoms with Gasteiger partial charge in [0.2, 0.25) is 0 Å². The third-order valence-corrected chi connectivity index (χ3v) is 3.07. The first-order chi connectivity index (χ1) is 7.65. The maximum absolute atomic E-state index is 5.94. The maximum Gasteiger partial charge on any atom is 0.141 e. The Morgan fingerprint density at radius 2 is 2.12 bits per heavy atom. The van der Waals surface area contributed by atoms with Crippen molar-refractivity contribution in [1.82, 2.24) is 9.78 Å². The van der Waals surface area contributed by atoms with Crippen LogP contribution < -0.4 is 10.5 Å². The fourth-order valence-corrected chi connectivity index (χ4v) is 2.11. The molecule has 1 heterocycles. The second-order valence-corrected chi connectivity index (χ2v) is 4.24. The zero-order valence-electron chi connectivity index (χ0n) is 9.07. The Kier molecular flexibility index (Phi) is 2.87. The Morgan fingerprint density at radius 1 is 1.38 bits per heavy atom. The zero-order valence-corrected chi connectivity index (χ0v) is 10.7. The molecule has 0 bridgehead atoms. The monoisotopic (exact) mass is 281 g/mol. The van der Waals surface area contributed by atoms with E-state index in [1.54, 1.807) is 18.0 Å². The normalized spacial score (nSPS) is 10.4. The molecule has 0 amide bonds. The third kappa shape index (κ3) is 1.67. The quantitative estimate of drug-likeness (QED) is 0.920. The predicted octanol–water partition coefficient (Wildman–Crippen LogP) is 2.44. The molecule has 0 aliphatic rings. The Balaban J connectivity index is 2.64. The van der Waals surface area contributed by atoms with E-state index in [0.717, 1.165) is 21.3 Å². The first-order valence-corrected chi connectivity index (χ1v) is 5.54. The molecule has 0 aliphatic carbocycles. The van der Waals surface area contributed by atoms with Crippen molar-refractivity contribution in [2.45, 2.75) is 0 Å². The molecule has 0 saturated heterocycles.